The molecular weight excluding hydrogens is 677 g/mol. The van der Waals surface area contributed by atoms with Crippen molar-refractivity contribution in [2.45, 2.75) is 77.5 Å². The third-order valence-corrected chi connectivity index (χ3v) is 13.8. The second kappa shape index (κ2) is 12.8. The van der Waals surface area contributed by atoms with E-state index in [2.05, 4.69) is 0 Å². The topological polar surface area (TPSA) is 127 Å². The number of hydrogen-bond donors (Lipinski definition) is 0. The SMILES string of the molecule is COC(=O)c1c(C)c2c(c(C)c1-c1c(C)c3c(c(C)c1C(=O)OC)CN(S(=O)(=O)c1ccc(C)cc1)C3)CN(S(=O)(=O)c1ccc(C)cc1)C2. The highest BCUT2D eigenvalue weighted by Gasteiger charge is 2.40. The van der Waals surface area contributed by atoms with E-state index >= 15 is 0 Å². The average molecular weight is 717 g/mol. The van der Waals surface area contributed by atoms with E-state index < -0.39 is 32.0 Å². The summed E-state index contributed by atoms with van der Waals surface area (Å²) in [6, 6.07) is 13.3. The number of benzene rings is 4. The summed E-state index contributed by atoms with van der Waals surface area (Å²) in [7, 11) is -5.22. The smallest absolute Gasteiger partial charge is 0.338 e. The van der Waals surface area contributed by atoms with Gasteiger partial charge in [0.1, 0.15) is 0 Å². The lowest BCUT2D eigenvalue weighted by Crippen LogP contribution is -2.25. The van der Waals surface area contributed by atoms with Gasteiger partial charge < -0.3 is 9.47 Å². The van der Waals surface area contributed by atoms with E-state index in [0.29, 0.717) is 44.5 Å². The van der Waals surface area contributed by atoms with E-state index in [-0.39, 0.29) is 47.1 Å². The maximum atomic E-state index is 13.8. The first kappa shape index (κ1) is 35.5. The zero-order valence-corrected chi connectivity index (χ0v) is 31.1. The Morgan fingerprint density at radius 2 is 0.780 bits per heavy atom. The van der Waals surface area contributed by atoms with Crippen LogP contribution in [-0.4, -0.2) is 51.6 Å². The lowest BCUT2D eigenvalue weighted by atomic mass is 9.79. The van der Waals surface area contributed by atoms with Crippen molar-refractivity contribution >= 4 is 32.0 Å². The van der Waals surface area contributed by atoms with E-state index in [4.69, 9.17) is 9.47 Å². The van der Waals surface area contributed by atoms with E-state index in [0.717, 1.165) is 22.3 Å². The van der Waals surface area contributed by atoms with Crippen LogP contribution in [0.15, 0.2) is 58.3 Å². The lowest BCUT2D eigenvalue weighted by Gasteiger charge is -2.24. The molecule has 6 rings (SSSR count). The molecule has 12 heteroatoms. The normalized spacial score (nSPS) is 14.8. The van der Waals surface area contributed by atoms with Crippen LogP contribution >= 0.6 is 0 Å². The summed E-state index contributed by atoms with van der Waals surface area (Å²) in [5.74, 6) is -1.28. The number of rotatable bonds is 7. The fraction of sp³-hybridized carbons (Fsp3) is 0.316. The van der Waals surface area contributed by atoms with Crippen LogP contribution in [0.3, 0.4) is 0 Å². The van der Waals surface area contributed by atoms with Gasteiger partial charge in [-0.3, -0.25) is 0 Å². The van der Waals surface area contributed by atoms with Gasteiger partial charge in [-0.2, -0.15) is 8.61 Å². The molecule has 0 fully saturated rings. The van der Waals surface area contributed by atoms with Crippen LogP contribution in [0.4, 0.5) is 0 Å². The highest BCUT2D eigenvalue weighted by atomic mass is 32.2. The Morgan fingerprint density at radius 3 is 1.06 bits per heavy atom. The zero-order chi connectivity index (χ0) is 36.4. The minimum Gasteiger partial charge on any atom is -0.465 e. The predicted octanol–water partition coefficient (Wildman–Crippen LogP) is 6.19. The molecule has 0 unspecified atom stereocenters. The number of sulfonamides is 2. The zero-order valence-electron chi connectivity index (χ0n) is 29.4. The Labute approximate surface area is 293 Å². The number of fused-ring (bicyclic) bond motifs is 2. The van der Waals surface area contributed by atoms with E-state index in [9.17, 15) is 26.4 Å². The summed E-state index contributed by atoms with van der Waals surface area (Å²) in [6.45, 7) is 11.2. The van der Waals surface area contributed by atoms with Gasteiger partial charge in [-0.25, -0.2) is 26.4 Å². The van der Waals surface area contributed by atoms with Gasteiger partial charge >= 0.3 is 11.9 Å². The van der Waals surface area contributed by atoms with Crippen molar-refractivity contribution in [2.24, 2.45) is 0 Å². The highest BCUT2D eigenvalue weighted by molar-refractivity contribution is 7.89. The van der Waals surface area contributed by atoms with Crippen LogP contribution in [0.25, 0.3) is 11.1 Å². The molecule has 0 spiro atoms. The molecule has 4 aromatic rings. The quantitative estimate of drug-likeness (QED) is 0.208. The molecule has 0 N–H and O–H groups in total. The highest BCUT2D eigenvalue weighted by Crippen LogP contribution is 2.47. The second-order valence-corrected chi connectivity index (χ2v) is 16.9. The predicted molar refractivity (Wildman–Crippen MR) is 189 cm³/mol. The van der Waals surface area contributed by atoms with Gasteiger partial charge in [0.05, 0.1) is 35.1 Å². The fourth-order valence-corrected chi connectivity index (χ4v) is 10.1. The number of ether oxygens (including phenoxy) is 2. The molecule has 0 saturated carbocycles. The summed E-state index contributed by atoms with van der Waals surface area (Å²) in [5.41, 5.74) is 8.40. The third kappa shape index (κ3) is 5.54. The van der Waals surface area contributed by atoms with Crippen molar-refractivity contribution in [1.82, 2.24) is 8.61 Å². The van der Waals surface area contributed by atoms with E-state index in [1.54, 1.807) is 62.4 Å². The number of nitrogens with zero attached hydrogens (tertiary/aromatic N) is 2. The Morgan fingerprint density at radius 1 is 0.500 bits per heavy atom. The van der Waals surface area contributed by atoms with Crippen LogP contribution in [0, 0.1) is 41.5 Å². The van der Waals surface area contributed by atoms with Gasteiger partial charge in [-0.05, 0) is 110 Å². The summed E-state index contributed by atoms with van der Waals surface area (Å²) < 4.78 is 68.7. The average Bonchev–Trinajstić information content (AvgIpc) is 3.76. The summed E-state index contributed by atoms with van der Waals surface area (Å²) in [6.07, 6.45) is 0. The Balaban J connectivity index is 1.56. The van der Waals surface area contributed by atoms with Crippen molar-refractivity contribution in [1.29, 1.82) is 0 Å². The van der Waals surface area contributed by atoms with Crippen molar-refractivity contribution in [3.63, 3.8) is 0 Å². The summed E-state index contributed by atoms with van der Waals surface area (Å²) >= 11 is 0. The van der Waals surface area contributed by atoms with Gasteiger partial charge in [0.25, 0.3) is 0 Å². The molecule has 0 bridgehead atoms. The number of carbonyl (C=O) groups is 2. The molecule has 0 saturated heterocycles. The molecule has 0 aromatic heterocycles. The molecule has 4 aromatic carbocycles. The lowest BCUT2D eigenvalue weighted by molar-refractivity contribution is 0.0589. The van der Waals surface area contributed by atoms with Crippen LogP contribution in [0.1, 0.15) is 76.4 Å². The van der Waals surface area contributed by atoms with Crippen LogP contribution < -0.4 is 0 Å². The van der Waals surface area contributed by atoms with Crippen molar-refractivity contribution in [3.05, 3.63) is 115 Å². The van der Waals surface area contributed by atoms with E-state index in [1.807, 2.05) is 27.7 Å². The second-order valence-electron chi connectivity index (χ2n) is 13.1. The Hall–Kier alpha value is -4.36. The van der Waals surface area contributed by atoms with Crippen molar-refractivity contribution in [3.8, 4) is 11.1 Å². The van der Waals surface area contributed by atoms with Crippen LogP contribution in [-0.2, 0) is 55.7 Å². The van der Waals surface area contributed by atoms with Gasteiger partial charge in [0.15, 0.2) is 0 Å². The molecule has 0 amide bonds. The molecule has 50 heavy (non-hydrogen) atoms. The van der Waals surface area contributed by atoms with Crippen molar-refractivity contribution < 1.29 is 35.9 Å². The molecule has 2 heterocycles. The maximum absolute atomic E-state index is 13.8. The first-order valence-corrected chi connectivity index (χ1v) is 19.0. The molecule has 2 aliphatic rings. The number of carbonyl (C=O) groups excluding carboxylic acids is 2. The molecule has 0 atom stereocenters. The minimum absolute atomic E-state index is 0.0559. The third-order valence-electron chi connectivity index (χ3n) is 10.2. The first-order chi connectivity index (χ1) is 23.5. The van der Waals surface area contributed by atoms with Crippen molar-refractivity contribution in [2.75, 3.05) is 14.2 Å². The largest absolute Gasteiger partial charge is 0.465 e. The van der Waals surface area contributed by atoms with Gasteiger partial charge in [-0.15, -0.1) is 0 Å². The van der Waals surface area contributed by atoms with Gasteiger partial charge in [0.2, 0.25) is 20.0 Å². The number of aryl methyl sites for hydroxylation is 2. The first-order valence-electron chi connectivity index (χ1n) is 16.1. The molecule has 2 aliphatic heterocycles. The number of hydrogen-bond acceptors (Lipinski definition) is 8. The molecule has 10 nitrogen and oxygen atoms in total. The number of esters is 2. The summed E-state index contributed by atoms with van der Waals surface area (Å²) in [4.78, 5) is 27.7. The van der Waals surface area contributed by atoms with Gasteiger partial charge in [0, 0.05) is 37.3 Å². The van der Waals surface area contributed by atoms with Gasteiger partial charge in [-0.1, -0.05) is 35.4 Å². The fourth-order valence-electron chi connectivity index (χ4n) is 7.33. The Kier molecular flexibility index (Phi) is 9.05. The standard InChI is InChI=1S/C38H40N2O8S2/c1-21-9-13-27(14-10-21)49(43,44)39-17-29-23(3)33(35(37(41)47-7)25(5)31(29)19-39)34-24(4)30-18-40(20-32(30)26(6)36(34)38(42)48-8)50(45,46)28-15-11-22(2)12-16-28/h9-16H,17-20H2,1-8H3. The molecular formula is C38H40N2O8S2. The molecule has 0 aliphatic carbocycles. The summed E-state index contributed by atoms with van der Waals surface area (Å²) in [5, 5.41) is 0. The minimum atomic E-state index is -3.89. The van der Waals surface area contributed by atoms with Crippen LogP contribution in [0.5, 0.6) is 0 Å². The van der Waals surface area contributed by atoms with Crippen LogP contribution in [0.2, 0.25) is 0 Å². The molecule has 262 valence electrons. The maximum Gasteiger partial charge on any atom is 0.338 e. The molecule has 0 radical (unpaired) electrons. The Bertz CT molecular complexity index is 2150. The number of methoxy groups -OCH3 is 2. The monoisotopic (exact) mass is 716 g/mol. The van der Waals surface area contributed by atoms with E-state index in [1.165, 1.54) is 22.8 Å².